The highest BCUT2D eigenvalue weighted by Crippen LogP contribution is 2.38. The van der Waals surface area contributed by atoms with Gasteiger partial charge in [0.05, 0.1) is 15.1 Å². The first-order valence-corrected chi connectivity index (χ1v) is 14.4. The molecule has 3 aromatic rings. The van der Waals surface area contributed by atoms with E-state index in [-0.39, 0.29) is 11.4 Å². The Bertz CT molecular complexity index is 1390. The fourth-order valence-corrected chi connectivity index (χ4v) is 5.51. The quantitative estimate of drug-likeness (QED) is 0.186. The molecule has 0 atom stereocenters. The summed E-state index contributed by atoms with van der Waals surface area (Å²) in [5.41, 5.74) is 3.49. The Balaban J connectivity index is 1.46. The molecule has 0 aromatic heterocycles. The number of thioether (sulfide) groups is 1. The second-order valence-electron chi connectivity index (χ2n) is 9.13. The van der Waals surface area contributed by atoms with Gasteiger partial charge in [-0.25, -0.2) is 0 Å². The summed E-state index contributed by atoms with van der Waals surface area (Å²) >= 11 is 2.98. The molecule has 1 saturated heterocycles. The second kappa shape index (κ2) is 13.2. The van der Waals surface area contributed by atoms with Crippen molar-refractivity contribution in [2.24, 2.45) is 0 Å². The van der Waals surface area contributed by atoms with Gasteiger partial charge >= 0.3 is 0 Å². The topological polar surface area (TPSA) is 84.9 Å². The van der Waals surface area contributed by atoms with Gasteiger partial charge in [-0.2, -0.15) is 0 Å². The molecule has 1 N–H and O–H groups in total. The van der Waals surface area contributed by atoms with Gasteiger partial charge in [-0.15, -0.1) is 0 Å². The number of anilines is 1. The van der Waals surface area contributed by atoms with Gasteiger partial charge in [0.2, 0.25) is 5.91 Å². The van der Waals surface area contributed by atoms with E-state index < -0.39 is 17.1 Å². The largest absolute Gasteiger partial charge is 0.490 e. The van der Waals surface area contributed by atoms with Crippen molar-refractivity contribution < 1.29 is 23.9 Å². The summed E-state index contributed by atoms with van der Waals surface area (Å²) < 4.78 is 12.7. The zero-order valence-electron chi connectivity index (χ0n) is 21.9. The third-order valence-electron chi connectivity index (χ3n) is 5.89. The molecule has 1 aliphatic rings. The molecule has 0 bridgehead atoms. The molecular formula is C30H29IN2O5S. The van der Waals surface area contributed by atoms with Gasteiger partial charge in [-0.05, 0) is 94.2 Å². The monoisotopic (exact) mass is 656 g/mol. The van der Waals surface area contributed by atoms with Crippen molar-refractivity contribution in [1.29, 1.82) is 0 Å². The molecule has 4 rings (SSSR count). The number of imide groups is 1. The molecular weight excluding hydrogens is 627 g/mol. The van der Waals surface area contributed by atoms with E-state index in [0.29, 0.717) is 41.9 Å². The summed E-state index contributed by atoms with van der Waals surface area (Å²) in [4.78, 5) is 39.4. The molecule has 1 heterocycles. The van der Waals surface area contributed by atoms with Crippen LogP contribution in [0, 0.1) is 3.57 Å². The summed E-state index contributed by atoms with van der Waals surface area (Å²) in [5.74, 6) is 0.595. The highest BCUT2D eigenvalue weighted by Gasteiger charge is 2.36. The van der Waals surface area contributed by atoms with Crippen LogP contribution in [0.25, 0.3) is 6.08 Å². The van der Waals surface area contributed by atoms with E-state index in [2.05, 4.69) is 41.8 Å². The van der Waals surface area contributed by atoms with Crippen LogP contribution in [-0.4, -0.2) is 35.1 Å². The van der Waals surface area contributed by atoms with Crippen molar-refractivity contribution in [3.63, 3.8) is 0 Å². The summed E-state index contributed by atoms with van der Waals surface area (Å²) in [6.07, 6.45) is 1.64. The van der Waals surface area contributed by atoms with Crippen molar-refractivity contribution in [1.82, 2.24) is 4.90 Å². The molecule has 39 heavy (non-hydrogen) atoms. The predicted molar refractivity (Wildman–Crippen MR) is 163 cm³/mol. The maximum Gasteiger partial charge on any atom is 0.294 e. The van der Waals surface area contributed by atoms with Gasteiger partial charge in [-0.3, -0.25) is 19.3 Å². The molecule has 9 heteroatoms. The lowest BCUT2D eigenvalue weighted by Crippen LogP contribution is -2.36. The van der Waals surface area contributed by atoms with Crippen molar-refractivity contribution in [3.8, 4) is 11.5 Å². The smallest absolute Gasteiger partial charge is 0.294 e. The number of hydrogen-bond acceptors (Lipinski definition) is 6. The number of nitrogens with zero attached hydrogens (tertiary/aromatic N) is 1. The van der Waals surface area contributed by atoms with E-state index in [4.69, 9.17) is 9.47 Å². The Morgan fingerprint density at radius 3 is 2.44 bits per heavy atom. The first-order chi connectivity index (χ1) is 18.7. The minimum atomic E-state index is -0.507. The zero-order valence-corrected chi connectivity index (χ0v) is 24.9. The number of carbonyl (C=O) groups is 3. The molecule has 0 radical (unpaired) electrons. The van der Waals surface area contributed by atoms with E-state index >= 15 is 0 Å². The highest BCUT2D eigenvalue weighted by atomic mass is 127. The number of rotatable bonds is 10. The Morgan fingerprint density at radius 2 is 1.77 bits per heavy atom. The van der Waals surface area contributed by atoms with E-state index in [1.54, 1.807) is 12.1 Å². The van der Waals surface area contributed by atoms with Crippen LogP contribution in [-0.2, 0) is 16.2 Å². The lowest BCUT2D eigenvalue weighted by atomic mass is 10.0. The van der Waals surface area contributed by atoms with Crippen LogP contribution in [0.5, 0.6) is 11.5 Å². The first-order valence-electron chi connectivity index (χ1n) is 12.5. The highest BCUT2D eigenvalue weighted by molar-refractivity contribution is 14.1. The summed E-state index contributed by atoms with van der Waals surface area (Å²) in [5, 5.41) is 2.27. The fraction of sp³-hybridized carbons (Fsp3) is 0.233. The van der Waals surface area contributed by atoms with E-state index in [1.807, 2.05) is 67.6 Å². The van der Waals surface area contributed by atoms with Gasteiger partial charge in [0, 0.05) is 5.69 Å². The first kappa shape index (κ1) is 28.7. The van der Waals surface area contributed by atoms with Crippen LogP contribution in [0.15, 0.2) is 71.6 Å². The molecule has 202 valence electrons. The number of ether oxygens (including phenoxy) is 2. The van der Waals surface area contributed by atoms with Gasteiger partial charge in [0.25, 0.3) is 11.1 Å². The van der Waals surface area contributed by atoms with Crippen LogP contribution in [0.1, 0.15) is 43.4 Å². The molecule has 1 aliphatic heterocycles. The Labute approximate surface area is 246 Å². The lowest BCUT2D eigenvalue weighted by molar-refractivity contribution is -0.127. The Morgan fingerprint density at radius 1 is 1.05 bits per heavy atom. The molecule has 3 amide bonds. The van der Waals surface area contributed by atoms with Crippen molar-refractivity contribution >= 4 is 63.2 Å². The van der Waals surface area contributed by atoms with Crippen molar-refractivity contribution in [2.75, 3.05) is 18.5 Å². The average Bonchev–Trinajstić information content (AvgIpc) is 3.16. The normalized spacial score (nSPS) is 14.3. The number of hydrogen-bond donors (Lipinski definition) is 1. The van der Waals surface area contributed by atoms with Crippen LogP contribution < -0.4 is 14.8 Å². The lowest BCUT2D eigenvalue weighted by Gasteiger charge is -2.15. The molecule has 3 aromatic carbocycles. The Hall–Kier alpha value is -3.31. The summed E-state index contributed by atoms with van der Waals surface area (Å²) in [6, 6.07) is 21.0. The summed E-state index contributed by atoms with van der Waals surface area (Å²) in [7, 11) is 0. The Kier molecular flexibility index (Phi) is 9.68. The molecule has 0 saturated carbocycles. The van der Waals surface area contributed by atoms with Gasteiger partial charge < -0.3 is 14.8 Å². The van der Waals surface area contributed by atoms with Crippen LogP contribution >= 0.6 is 34.4 Å². The predicted octanol–water partition coefficient (Wildman–Crippen LogP) is 7.07. The van der Waals surface area contributed by atoms with Crippen LogP contribution in [0.2, 0.25) is 0 Å². The standard InChI is InChI=1S/C30H29IN2O5S/c1-4-37-25-15-21(14-24(31)28(25)38-18-20-8-6-5-7-9-20)16-26-29(35)33(30(36)39-26)17-27(34)32-23-12-10-22(11-13-23)19(2)3/h5-16,19H,4,17-18H2,1-3H3,(H,32,34)/b26-16+. The molecule has 7 nitrogen and oxygen atoms in total. The number of carbonyl (C=O) groups excluding carboxylic acids is 3. The number of nitrogens with one attached hydrogen (secondary N) is 1. The second-order valence-corrected chi connectivity index (χ2v) is 11.3. The maximum absolute atomic E-state index is 13.0. The van der Waals surface area contributed by atoms with Crippen LogP contribution in [0.4, 0.5) is 10.5 Å². The third kappa shape index (κ3) is 7.42. The molecule has 0 unspecified atom stereocenters. The van der Waals surface area contributed by atoms with Gasteiger partial charge in [0.15, 0.2) is 11.5 Å². The van der Waals surface area contributed by atoms with Crippen molar-refractivity contribution in [2.45, 2.75) is 33.3 Å². The van der Waals surface area contributed by atoms with Crippen LogP contribution in [0.3, 0.4) is 0 Å². The number of halogens is 1. The average molecular weight is 657 g/mol. The molecule has 1 fully saturated rings. The number of amides is 3. The van der Waals surface area contributed by atoms with Gasteiger partial charge in [-0.1, -0.05) is 56.3 Å². The maximum atomic E-state index is 13.0. The fourth-order valence-electron chi connectivity index (χ4n) is 3.89. The van der Waals surface area contributed by atoms with E-state index in [0.717, 1.165) is 31.4 Å². The molecule has 0 aliphatic carbocycles. The van der Waals surface area contributed by atoms with Gasteiger partial charge in [0.1, 0.15) is 13.2 Å². The SMILES string of the molecule is CCOc1cc(/C=C2/SC(=O)N(CC(=O)Nc3ccc(C(C)C)cc3)C2=O)cc(I)c1OCc1ccccc1. The van der Waals surface area contributed by atoms with Crippen molar-refractivity contribution in [3.05, 3.63) is 91.9 Å². The molecule has 0 spiro atoms. The third-order valence-corrected chi connectivity index (χ3v) is 7.60. The zero-order chi connectivity index (χ0) is 27.9. The minimum absolute atomic E-state index is 0.241. The van der Waals surface area contributed by atoms with E-state index in [9.17, 15) is 14.4 Å². The summed E-state index contributed by atoms with van der Waals surface area (Å²) in [6.45, 7) is 6.53. The number of benzene rings is 3. The minimum Gasteiger partial charge on any atom is -0.490 e. The van der Waals surface area contributed by atoms with E-state index in [1.165, 1.54) is 0 Å².